The van der Waals surface area contributed by atoms with Crippen LogP contribution in [0.4, 0.5) is 0 Å². The van der Waals surface area contributed by atoms with Gasteiger partial charge in [-0.25, -0.2) is 4.79 Å². The molecule has 1 unspecified atom stereocenters. The maximum absolute atomic E-state index is 11.1. The average molecular weight is 312 g/mol. The van der Waals surface area contributed by atoms with E-state index in [1.54, 1.807) is 6.08 Å². The fourth-order valence-corrected chi connectivity index (χ4v) is 2.58. The van der Waals surface area contributed by atoms with Gasteiger partial charge >= 0.3 is 5.97 Å². The van der Waals surface area contributed by atoms with Gasteiger partial charge in [0.05, 0.1) is 19.3 Å². The highest BCUT2D eigenvalue weighted by Gasteiger charge is 2.23. The van der Waals surface area contributed by atoms with Crippen LogP contribution in [0.5, 0.6) is 0 Å². The third kappa shape index (κ3) is 11.8. The Labute approximate surface area is 137 Å². The van der Waals surface area contributed by atoms with E-state index >= 15 is 0 Å². The van der Waals surface area contributed by atoms with Crippen molar-refractivity contribution in [1.29, 1.82) is 0 Å². The van der Waals surface area contributed by atoms with Gasteiger partial charge in [-0.1, -0.05) is 71.3 Å². The topological polar surface area (TPSA) is 35.5 Å². The molecule has 22 heavy (non-hydrogen) atoms. The number of ether oxygens (including phenoxy) is 2. The molecule has 3 nitrogen and oxygen atoms in total. The highest BCUT2D eigenvalue weighted by Crippen LogP contribution is 2.26. The van der Waals surface area contributed by atoms with Crippen molar-refractivity contribution in [3.8, 4) is 0 Å². The van der Waals surface area contributed by atoms with Crippen LogP contribution in [0.2, 0.25) is 0 Å². The molecule has 0 bridgehead atoms. The number of rotatable bonds is 14. The van der Waals surface area contributed by atoms with Crippen molar-refractivity contribution in [2.75, 3.05) is 13.7 Å². The summed E-state index contributed by atoms with van der Waals surface area (Å²) in [6.07, 6.45) is 15.5. The van der Waals surface area contributed by atoms with Crippen molar-refractivity contribution < 1.29 is 14.3 Å². The Balaban J connectivity index is 4.20. The molecule has 0 aromatic carbocycles. The van der Waals surface area contributed by atoms with E-state index in [1.165, 1.54) is 64.6 Å². The summed E-state index contributed by atoms with van der Waals surface area (Å²) >= 11 is 0. The van der Waals surface area contributed by atoms with Gasteiger partial charge < -0.3 is 9.47 Å². The van der Waals surface area contributed by atoms with Crippen LogP contribution in [0.1, 0.15) is 85.0 Å². The van der Waals surface area contributed by atoms with E-state index in [9.17, 15) is 4.79 Å². The maximum Gasteiger partial charge on any atom is 0.330 e. The second-order valence-electron chi connectivity index (χ2n) is 6.31. The molecule has 0 aromatic rings. The first-order valence-electron chi connectivity index (χ1n) is 8.96. The van der Waals surface area contributed by atoms with E-state index in [2.05, 4.69) is 25.5 Å². The second kappa shape index (κ2) is 13.8. The molecule has 0 aromatic heterocycles. The molecule has 0 amide bonds. The molecule has 0 aliphatic heterocycles. The minimum absolute atomic E-state index is 0.0676. The molecule has 0 radical (unpaired) electrons. The number of hydrogen-bond donors (Lipinski definition) is 0. The molecule has 0 aliphatic carbocycles. The van der Waals surface area contributed by atoms with Gasteiger partial charge in [0.25, 0.3) is 0 Å². The lowest BCUT2D eigenvalue weighted by Gasteiger charge is -2.30. The molecule has 0 N–H and O–H groups in total. The van der Waals surface area contributed by atoms with Gasteiger partial charge in [-0.3, -0.25) is 0 Å². The smallest absolute Gasteiger partial charge is 0.330 e. The van der Waals surface area contributed by atoms with Crippen LogP contribution in [-0.2, 0) is 14.3 Å². The SMILES string of the molecule is CCCCCCCC(C)(CCCCC)OC/C=C/C(=O)OC. The molecule has 3 heteroatoms. The Bertz CT molecular complexity index is 299. The lowest BCUT2D eigenvalue weighted by Crippen LogP contribution is -2.29. The van der Waals surface area contributed by atoms with Crippen molar-refractivity contribution in [2.45, 2.75) is 90.6 Å². The van der Waals surface area contributed by atoms with Crippen molar-refractivity contribution in [1.82, 2.24) is 0 Å². The van der Waals surface area contributed by atoms with E-state index in [1.807, 2.05) is 0 Å². The highest BCUT2D eigenvalue weighted by molar-refractivity contribution is 5.81. The normalized spacial score (nSPS) is 14.2. The molecule has 0 saturated carbocycles. The Morgan fingerprint density at radius 1 is 0.955 bits per heavy atom. The van der Waals surface area contributed by atoms with Crippen molar-refractivity contribution in [3.05, 3.63) is 12.2 Å². The van der Waals surface area contributed by atoms with E-state index in [4.69, 9.17) is 4.74 Å². The predicted molar refractivity (Wildman–Crippen MR) is 93.0 cm³/mol. The Morgan fingerprint density at radius 2 is 1.50 bits per heavy atom. The fraction of sp³-hybridized carbons (Fsp3) is 0.842. The Kier molecular flexibility index (Phi) is 13.3. The van der Waals surface area contributed by atoms with Crippen LogP contribution >= 0.6 is 0 Å². The lowest BCUT2D eigenvalue weighted by molar-refractivity contribution is -0.134. The standard InChI is InChI=1S/C19H36O3/c1-5-7-9-10-12-16-19(3,15-11-8-6-2)22-17-13-14-18(20)21-4/h13-14H,5-12,15-17H2,1-4H3/b14-13+. The van der Waals surface area contributed by atoms with Crippen LogP contribution in [-0.4, -0.2) is 25.3 Å². The predicted octanol–water partition coefficient (Wildman–Crippen LogP) is 5.43. The van der Waals surface area contributed by atoms with E-state index in [0.717, 1.165) is 12.8 Å². The molecular weight excluding hydrogens is 276 g/mol. The number of methoxy groups -OCH3 is 1. The molecule has 0 rings (SSSR count). The van der Waals surface area contributed by atoms with Crippen molar-refractivity contribution in [3.63, 3.8) is 0 Å². The summed E-state index contributed by atoms with van der Waals surface area (Å²) in [5.41, 5.74) is -0.0676. The monoisotopic (exact) mass is 312 g/mol. The Morgan fingerprint density at radius 3 is 2.09 bits per heavy atom. The van der Waals surface area contributed by atoms with Crippen molar-refractivity contribution in [2.24, 2.45) is 0 Å². The molecular formula is C19H36O3. The summed E-state index contributed by atoms with van der Waals surface area (Å²) in [5.74, 6) is -0.323. The molecule has 130 valence electrons. The summed E-state index contributed by atoms with van der Waals surface area (Å²) in [4.78, 5) is 11.1. The van der Waals surface area contributed by atoms with Gasteiger partial charge in [-0.15, -0.1) is 0 Å². The van der Waals surface area contributed by atoms with E-state index in [-0.39, 0.29) is 11.6 Å². The third-order valence-electron chi connectivity index (χ3n) is 4.10. The minimum atomic E-state index is -0.323. The van der Waals surface area contributed by atoms with E-state index < -0.39 is 0 Å². The molecule has 0 aliphatic rings. The summed E-state index contributed by atoms with van der Waals surface area (Å²) in [6.45, 7) is 7.16. The first-order valence-corrected chi connectivity index (χ1v) is 8.96. The zero-order valence-corrected chi connectivity index (χ0v) is 15.2. The quantitative estimate of drug-likeness (QED) is 0.244. The summed E-state index contributed by atoms with van der Waals surface area (Å²) in [7, 11) is 1.39. The minimum Gasteiger partial charge on any atom is -0.466 e. The van der Waals surface area contributed by atoms with Gasteiger partial charge in [0.2, 0.25) is 0 Å². The van der Waals surface area contributed by atoms with Gasteiger partial charge in [0.1, 0.15) is 0 Å². The highest BCUT2D eigenvalue weighted by atomic mass is 16.5. The second-order valence-corrected chi connectivity index (χ2v) is 6.31. The van der Waals surface area contributed by atoms with Gasteiger partial charge in [0.15, 0.2) is 0 Å². The molecule has 1 atom stereocenters. The number of unbranched alkanes of at least 4 members (excludes halogenated alkanes) is 6. The molecule has 0 spiro atoms. The van der Waals surface area contributed by atoms with Crippen LogP contribution in [0, 0.1) is 0 Å². The first kappa shape index (κ1) is 21.2. The van der Waals surface area contributed by atoms with Gasteiger partial charge in [-0.2, -0.15) is 0 Å². The largest absolute Gasteiger partial charge is 0.466 e. The van der Waals surface area contributed by atoms with Crippen molar-refractivity contribution >= 4 is 5.97 Å². The molecule has 0 fully saturated rings. The van der Waals surface area contributed by atoms with Crippen LogP contribution in [0.15, 0.2) is 12.2 Å². The average Bonchev–Trinajstić information content (AvgIpc) is 2.51. The Hall–Kier alpha value is -0.830. The summed E-state index contributed by atoms with van der Waals surface area (Å²) in [5, 5.41) is 0. The summed E-state index contributed by atoms with van der Waals surface area (Å²) < 4.78 is 10.7. The first-order chi connectivity index (χ1) is 10.6. The third-order valence-corrected chi connectivity index (χ3v) is 4.10. The lowest BCUT2D eigenvalue weighted by atomic mass is 9.91. The van der Waals surface area contributed by atoms with E-state index in [0.29, 0.717) is 6.61 Å². The molecule has 0 saturated heterocycles. The zero-order valence-electron chi connectivity index (χ0n) is 15.2. The zero-order chi connectivity index (χ0) is 16.7. The number of carbonyl (C=O) groups is 1. The van der Waals surface area contributed by atoms with Gasteiger partial charge in [-0.05, 0) is 19.8 Å². The van der Waals surface area contributed by atoms with Crippen LogP contribution in [0.3, 0.4) is 0 Å². The number of carbonyl (C=O) groups excluding carboxylic acids is 1. The maximum atomic E-state index is 11.1. The fourth-order valence-electron chi connectivity index (χ4n) is 2.58. The van der Waals surface area contributed by atoms with Gasteiger partial charge in [0, 0.05) is 6.08 Å². The number of esters is 1. The number of hydrogen-bond acceptors (Lipinski definition) is 3. The summed E-state index contributed by atoms with van der Waals surface area (Å²) in [6, 6.07) is 0. The molecule has 0 heterocycles. The van der Waals surface area contributed by atoms with Crippen LogP contribution < -0.4 is 0 Å². The van der Waals surface area contributed by atoms with Crippen LogP contribution in [0.25, 0.3) is 0 Å².